The zero-order chi connectivity index (χ0) is 14.5. The fraction of sp³-hybridized carbons (Fsp3) is 0.417. The number of anilines is 1. The molecule has 108 valence electrons. The molecule has 20 heavy (non-hydrogen) atoms. The summed E-state index contributed by atoms with van der Waals surface area (Å²) in [6.07, 6.45) is 0.399. The van der Waals surface area contributed by atoms with Crippen LogP contribution in [0, 0.1) is 0 Å². The molecule has 1 aliphatic carbocycles. The van der Waals surface area contributed by atoms with Crippen molar-refractivity contribution in [2.75, 3.05) is 11.9 Å². The van der Waals surface area contributed by atoms with Gasteiger partial charge in [0.05, 0.1) is 6.54 Å². The lowest BCUT2D eigenvalue weighted by Crippen LogP contribution is -2.53. The number of nitrogens with zero attached hydrogens (tertiary/aromatic N) is 1. The van der Waals surface area contributed by atoms with E-state index in [1.807, 2.05) is 0 Å². The number of hydrogen-bond acceptors (Lipinski definition) is 4. The maximum Gasteiger partial charge on any atom is 0.404 e. The molecule has 0 unspecified atom stereocenters. The molecule has 1 fully saturated rings. The Labute approximate surface area is 124 Å². The molecule has 1 saturated carbocycles. The number of carbonyl (C=O) groups is 2. The summed E-state index contributed by atoms with van der Waals surface area (Å²) >= 11 is 3.23. The van der Waals surface area contributed by atoms with Crippen LogP contribution in [-0.4, -0.2) is 40.7 Å². The summed E-state index contributed by atoms with van der Waals surface area (Å²) < 4.78 is 0.657. The molecule has 0 saturated heterocycles. The number of halogens is 1. The number of carbonyl (C=O) groups excluding carboxylic acids is 1. The molecule has 0 spiro atoms. The van der Waals surface area contributed by atoms with Gasteiger partial charge in [-0.1, -0.05) is 6.07 Å². The van der Waals surface area contributed by atoms with Crippen LogP contribution in [0.1, 0.15) is 12.8 Å². The molecule has 4 N–H and O–H groups in total. The van der Waals surface area contributed by atoms with Crippen LogP contribution in [0.3, 0.4) is 0 Å². The third-order valence-electron chi connectivity index (χ3n) is 3.00. The van der Waals surface area contributed by atoms with Gasteiger partial charge in [0, 0.05) is 12.1 Å². The fourth-order valence-electron chi connectivity index (χ4n) is 1.98. The van der Waals surface area contributed by atoms with Crippen molar-refractivity contribution < 1.29 is 14.7 Å². The molecular weight excluding hydrogens is 328 g/mol. The maximum absolute atomic E-state index is 11.7. The van der Waals surface area contributed by atoms with Gasteiger partial charge in [-0.2, -0.15) is 0 Å². The lowest BCUT2D eigenvalue weighted by Gasteiger charge is -2.35. The van der Waals surface area contributed by atoms with Gasteiger partial charge in [-0.3, -0.25) is 4.79 Å². The quantitative estimate of drug-likeness (QED) is 0.601. The highest BCUT2D eigenvalue weighted by Crippen LogP contribution is 2.19. The SMILES string of the molecule is O=C(CN[C@H]1C[C@H](NC(=O)O)C1)Nc1cccc(Br)n1. The molecule has 1 heterocycles. The molecule has 1 aliphatic rings. The Morgan fingerprint density at radius 3 is 2.75 bits per heavy atom. The number of hydrogen-bond donors (Lipinski definition) is 4. The minimum absolute atomic E-state index is 0.0141. The smallest absolute Gasteiger partial charge is 0.404 e. The van der Waals surface area contributed by atoms with Crippen molar-refractivity contribution in [1.82, 2.24) is 15.6 Å². The third kappa shape index (κ3) is 4.46. The number of nitrogens with one attached hydrogen (secondary N) is 3. The molecule has 0 aromatic carbocycles. The molecule has 0 radical (unpaired) electrons. The summed E-state index contributed by atoms with van der Waals surface area (Å²) in [6.45, 7) is 0.179. The van der Waals surface area contributed by atoms with Gasteiger partial charge in [-0.15, -0.1) is 0 Å². The predicted molar refractivity (Wildman–Crippen MR) is 76.5 cm³/mol. The first-order valence-corrected chi connectivity index (χ1v) is 6.97. The highest BCUT2D eigenvalue weighted by molar-refractivity contribution is 9.10. The second-order valence-corrected chi connectivity index (χ2v) is 5.40. The molecule has 7 nitrogen and oxygen atoms in total. The Balaban J connectivity index is 1.65. The van der Waals surface area contributed by atoms with E-state index in [0.29, 0.717) is 23.3 Å². The third-order valence-corrected chi connectivity index (χ3v) is 3.44. The summed E-state index contributed by atoms with van der Waals surface area (Å²) in [7, 11) is 0. The van der Waals surface area contributed by atoms with Crippen molar-refractivity contribution in [3.63, 3.8) is 0 Å². The van der Waals surface area contributed by atoms with Crippen LogP contribution in [0.15, 0.2) is 22.8 Å². The van der Waals surface area contributed by atoms with E-state index in [4.69, 9.17) is 5.11 Å². The number of carboxylic acid groups (broad SMARTS) is 1. The normalized spacial score (nSPS) is 20.9. The number of pyridine rings is 1. The van der Waals surface area contributed by atoms with Crippen molar-refractivity contribution in [3.8, 4) is 0 Å². The summed E-state index contributed by atoms with van der Waals surface area (Å²) in [5.74, 6) is 0.315. The molecule has 0 aliphatic heterocycles. The van der Waals surface area contributed by atoms with Crippen molar-refractivity contribution in [2.45, 2.75) is 24.9 Å². The topological polar surface area (TPSA) is 103 Å². The van der Waals surface area contributed by atoms with Crippen molar-refractivity contribution >= 4 is 33.7 Å². The molecular formula is C12H15BrN4O3. The first-order chi connectivity index (χ1) is 9.52. The Bertz CT molecular complexity index is 505. The van der Waals surface area contributed by atoms with E-state index in [1.54, 1.807) is 18.2 Å². The zero-order valence-corrected chi connectivity index (χ0v) is 12.2. The Morgan fingerprint density at radius 2 is 2.10 bits per heavy atom. The number of rotatable bonds is 5. The minimum atomic E-state index is -1.01. The summed E-state index contributed by atoms with van der Waals surface area (Å²) in [4.78, 5) is 26.2. The first kappa shape index (κ1) is 14.7. The summed E-state index contributed by atoms with van der Waals surface area (Å²) in [5.41, 5.74) is 0. The van der Waals surface area contributed by atoms with Crippen molar-refractivity contribution in [2.24, 2.45) is 0 Å². The van der Waals surface area contributed by atoms with Gasteiger partial charge in [-0.25, -0.2) is 9.78 Å². The van der Waals surface area contributed by atoms with Gasteiger partial charge in [0.2, 0.25) is 5.91 Å². The number of aromatic nitrogens is 1. The van der Waals surface area contributed by atoms with Gasteiger partial charge in [0.1, 0.15) is 10.4 Å². The summed E-state index contributed by atoms with van der Waals surface area (Å²) in [5, 5.41) is 16.7. The molecule has 0 atom stereocenters. The second-order valence-electron chi connectivity index (χ2n) is 4.59. The van der Waals surface area contributed by atoms with Crippen LogP contribution < -0.4 is 16.0 Å². The van der Waals surface area contributed by atoms with E-state index in [9.17, 15) is 9.59 Å². The highest BCUT2D eigenvalue weighted by Gasteiger charge is 2.30. The molecule has 8 heteroatoms. The summed E-state index contributed by atoms with van der Waals surface area (Å²) in [6, 6.07) is 5.43. The molecule has 2 amide bonds. The van der Waals surface area contributed by atoms with E-state index in [1.165, 1.54) is 0 Å². The van der Waals surface area contributed by atoms with Gasteiger partial charge >= 0.3 is 6.09 Å². The first-order valence-electron chi connectivity index (χ1n) is 6.18. The second kappa shape index (κ2) is 6.67. The van der Waals surface area contributed by atoms with E-state index >= 15 is 0 Å². The van der Waals surface area contributed by atoms with Gasteiger partial charge in [0.15, 0.2) is 0 Å². The van der Waals surface area contributed by atoms with Crippen LogP contribution >= 0.6 is 15.9 Å². The molecule has 2 rings (SSSR count). The van der Waals surface area contributed by atoms with Crippen molar-refractivity contribution in [1.29, 1.82) is 0 Å². The number of amides is 2. The minimum Gasteiger partial charge on any atom is -0.465 e. The van der Waals surface area contributed by atoms with E-state index in [2.05, 4.69) is 36.9 Å². The molecule has 1 aromatic rings. The van der Waals surface area contributed by atoms with E-state index < -0.39 is 6.09 Å². The van der Waals surface area contributed by atoms with Crippen molar-refractivity contribution in [3.05, 3.63) is 22.8 Å². The average molecular weight is 343 g/mol. The van der Waals surface area contributed by atoms with Gasteiger partial charge < -0.3 is 21.1 Å². The van der Waals surface area contributed by atoms with Gasteiger partial charge in [-0.05, 0) is 40.9 Å². The van der Waals surface area contributed by atoms with E-state index in [0.717, 1.165) is 0 Å². The Hall–Kier alpha value is -1.67. The van der Waals surface area contributed by atoms with Crippen LogP contribution in [0.4, 0.5) is 10.6 Å². The Kier molecular flexibility index (Phi) is 4.91. The lowest BCUT2D eigenvalue weighted by molar-refractivity contribution is -0.115. The van der Waals surface area contributed by atoms with Crippen LogP contribution in [0.5, 0.6) is 0 Å². The standard InChI is InChI=1S/C12H15BrN4O3/c13-9-2-1-3-10(16-9)17-11(18)6-14-7-4-8(5-7)15-12(19)20/h1-3,7-8,14-15H,4-6H2,(H,19,20)(H,16,17,18)/t7-,8-. The maximum atomic E-state index is 11.7. The van der Waals surface area contributed by atoms with E-state index in [-0.39, 0.29) is 24.5 Å². The largest absolute Gasteiger partial charge is 0.465 e. The molecule has 1 aromatic heterocycles. The van der Waals surface area contributed by atoms with Crippen LogP contribution in [-0.2, 0) is 4.79 Å². The zero-order valence-electron chi connectivity index (χ0n) is 10.6. The van der Waals surface area contributed by atoms with Crippen LogP contribution in [0.25, 0.3) is 0 Å². The van der Waals surface area contributed by atoms with Gasteiger partial charge in [0.25, 0.3) is 0 Å². The Morgan fingerprint density at radius 1 is 1.35 bits per heavy atom. The fourth-order valence-corrected chi connectivity index (χ4v) is 2.32. The molecule has 0 bridgehead atoms. The predicted octanol–water partition coefficient (Wildman–Crippen LogP) is 1.17. The highest BCUT2D eigenvalue weighted by atomic mass is 79.9. The van der Waals surface area contributed by atoms with Crippen LogP contribution in [0.2, 0.25) is 0 Å². The lowest BCUT2D eigenvalue weighted by atomic mass is 9.87. The monoisotopic (exact) mass is 342 g/mol. The average Bonchev–Trinajstić information content (AvgIpc) is 2.31.